The molecule has 0 aliphatic rings. The topological polar surface area (TPSA) is 76.7 Å². The lowest BCUT2D eigenvalue weighted by Gasteiger charge is -2.01. The van der Waals surface area contributed by atoms with Crippen LogP contribution < -0.4 is 5.32 Å². The van der Waals surface area contributed by atoms with Gasteiger partial charge in [0.1, 0.15) is 17.7 Å². The Labute approximate surface area is 93.4 Å². The molecule has 0 spiro atoms. The first-order chi connectivity index (χ1) is 7.67. The number of anilines is 1. The number of nitrogens with one attached hydrogen (secondary N) is 1. The van der Waals surface area contributed by atoms with Gasteiger partial charge in [0.2, 0.25) is 0 Å². The Bertz CT molecular complexity index is 485. The lowest BCUT2D eigenvalue weighted by atomic mass is 10.1. The molecule has 0 aromatic heterocycles. The van der Waals surface area contributed by atoms with E-state index < -0.39 is 0 Å². The van der Waals surface area contributed by atoms with Crippen molar-refractivity contribution < 1.29 is 4.79 Å². The van der Waals surface area contributed by atoms with E-state index in [0.717, 1.165) is 0 Å². The van der Waals surface area contributed by atoms with Crippen LogP contribution in [0.25, 0.3) is 0 Å². The third-order valence-electron chi connectivity index (χ3n) is 1.92. The van der Waals surface area contributed by atoms with Gasteiger partial charge in [0.05, 0.1) is 0 Å². The molecule has 16 heavy (non-hydrogen) atoms. The van der Waals surface area contributed by atoms with Crippen LogP contribution in [0, 0.1) is 22.7 Å². The van der Waals surface area contributed by atoms with Gasteiger partial charge in [-0.3, -0.25) is 4.79 Å². The van der Waals surface area contributed by atoms with Crippen molar-refractivity contribution in [1.29, 1.82) is 10.5 Å². The number of nitrogens with zero attached hydrogens (tertiary/aromatic N) is 2. The Hall–Kier alpha value is -2.59. The van der Waals surface area contributed by atoms with Gasteiger partial charge in [-0.1, -0.05) is 0 Å². The maximum atomic E-state index is 11.0. The number of Topliss-reactive ketones (excluding diaryl/α,β-unsaturated/α-hetero) is 1. The number of rotatable bonds is 3. The molecule has 4 nitrogen and oxygen atoms in total. The van der Waals surface area contributed by atoms with Crippen molar-refractivity contribution in [3.05, 3.63) is 41.6 Å². The average Bonchev–Trinajstić information content (AvgIpc) is 2.31. The largest absolute Gasteiger partial charge is 0.360 e. The molecule has 0 fully saturated rings. The first-order valence-corrected chi connectivity index (χ1v) is 4.55. The van der Waals surface area contributed by atoms with E-state index in [2.05, 4.69) is 5.32 Å². The molecular weight excluding hydrogens is 202 g/mol. The Kier molecular flexibility index (Phi) is 3.83. The number of benzene rings is 1. The molecule has 0 unspecified atom stereocenters. The highest BCUT2D eigenvalue weighted by Crippen LogP contribution is 2.10. The van der Waals surface area contributed by atoms with Crippen LogP contribution >= 0.6 is 0 Å². The molecule has 0 amide bonds. The first kappa shape index (κ1) is 11.5. The van der Waals surface area contributed by atoms with E-state index in [4.69, 9.17) is 10.5 Å². The van der Waals surface area contributed by atoms with Crippen LogP contribution in [0.1, 0.15) is 17.3 Å². The minimum absolute atomic E-state index is 0.00293. The fourth-order valence-electron chi connectivity index (χ4n) is 1.05. The molecule has 4 heteroatoms. The van der Waals surface area contributed by atoms with E-state index in [-0.39, 0.29) is 11.4 Å². The fraction of sp³-hybridized carbons (Fsp3) is 0.0833. The van der Waals surface area contributed by atoms with Gasteiger partial charge in [-0.05, 0) is 31.2 Å². The second-order valence-corrected chi connectivity index (χ2v) is 3.06. The normalized spacial score (nSPS) is 8.44. The van der Waals surface area contributed by atoms with Gasteiger partial charge in [0, 0.05) is 17.5 Å². The molecule has 0 saturated heterocycles. The summed E-state index contributed by atoms with van der Waals surface area (Å²) >= 11 is 0. The highest BCUT2D eigenvalue weighted by Gasteiger charge is 1.98. The summed E-state index contributed by atoms with van der Waals surface area (Å²) in [6.45, 7) is 1.49. The van der Waals surface area contributed by atoms with E-state index in [0.29, 0.717) is 11.3 Å². The third kappa shape index (κ3) is 2.97. The number of nitriles is 2. The predicted octanol–water partition coefficient (Wildman–Crippen LogP) is 2.23. The van der Waals surface area contributed by atoms with Crippen LogP contribution in [0.2, 0.25) is 0 Å². The Morgan fingerprint density at radius 2 is 1.81 bits per heavy atom. The van der Waals surface area contributed by atoms with Crippen molar-refractivity contribution in [3.8, 4) is 12.1 Å². The second kappa shape index (κ2) is 5.33. The summed E-state index contributed by atoms with van der Waals surface area (Å²) in [6, 6.07) is 10.2. The van der Waals surface area contributed by atoms with Crippen LogP contribution in [-0.4, -0.2) is 5.78 Å². The van der Waals surface area contributed by atoms with Gasteiger partial charge in [-0.2, -0.15) is 10.5 Å². The van der Waals surface area contributed by atoms with Gasteiger partial charge < -0.3 is 5.32 Å². The molecule has 1 N–H and O–H groups in total. The van der Waals surface area contributed by atoms with Gasteiger partial charge in [0.15, 0.2) is 5.78 Å². The fourth-order valence-corrected chi connectivity index (χ4v) is 1.05. The van der Waals surface area contributed by atoms with Crippen LogP contribution in [0.4, 0.5) is 5.69 Å². The molecule has 0 saturated carbocycles. The van der Waals surface area contributed by atoms with Gasteiger partial charge >= 0.3 is 0 Å². The van der Waals surface area contributed by atoms with Crippen molar-refractivity contribution in [2.75, 3.05) is 5.32 Å². The Morgan fingerprint density at radius 3 is 2.25 bits per heavy atom. The average molecular weight is 211 g/mol. The zero-order valence-electron chi connectivity index (χ0n) is 8.69. The molecule has 0 radical (unpaired) electrons. The smallest absolute Gasteiger partial charge is 0.159 e. The van der Waals surface area contributed by atoms with Crippen molar-refractivity contribution in [2.45, 2.75) is 6.92 Å². The summed E-state index contributed by atoms with van der Waals surface area (Å²) in [5.41, 5.74) is 1.33. The summed E-state index contributed by atoms with van der Waals surface area (Å²) in [5.74, 6) is -0.00293. The standard InChI is InChI=1S/C12H9N3O/c1-9(16)11-2-4-12(5-3-11)15-8-10(6-13)7-14/h2-5,8,15H,1H3. The number of hydrogen-bond donors (Lipinski definition) is 1. The van der Waals surface area contributed by atoms with Crippen molar-refractivity contribution >= 4 is 11.5 Å². The summed E-state index contributed by atoms with van der Waals surface area (Å²) in [5, 5.41) is 19.8. The van der Waals surface area contributed by atoms with Crippen LogP contribution in [0.15, 0.2) is 36.0 Å². The highest BCUT2D eigenvalue weighted by molar-refractivity contribution is 5.94. The maximum Gasteiger partial charge on any atom is 0.159 e. The quantitative estimate of drug-likeness (QED) is 0.614. The van der Waals surface area contributed by atoms with Crippen LogP contribution in [0.3, 0.4) is 0 Å². The maximum absolute atomic E-state index is 11.0. The summed E-state index contributed by atoms with van der Waals surface area (Å²) in [6.07, 6.45) is 1.32. The Balaban J connectivity index is 2.78. The predicted molar refractivity (Wildman–Crippen MR) is 59.4 cm³/mol. The lowest BCUT2D eigenvalue weighted by molar-refractivity contribution is 0.101. The zero-order valence-corrected chi connectivity index (χ0v) is 8.69. The van der Waals surface area contributed by atoms with E-state index in [1.165, 1.54) is 13.1 Å². The first-order valence-electron chi connectivity index (χ1n) is 4.55. The summed E-state index contributed by atoms with van der Waals surface area (Å²) in [7, 11) is 0. The van der Waals surface area contributed by atoms with Crippen LogP contribution in [0.5, 0.6) is 0 Å². The Morgan fingerprint density at radius 1 is 1.25 bits per heavy atom. The number of hydrogen-bond acceptors (Lipinski definition) is 4. The molecular formula is C12H9N3O. The number of carbonyl (C=O) groups is 1. The van der Waals surface area contributed by atoms with Gasteiger partial charge in [-0.15, -0.1) is 0 Å². The lowest BCUT2D eigenvalue weighted by Crippen LogP contribution is -1.93. The molecule has 0 bridgehead atoms. The van der Waals surface area contributed by atoms with E-state index in [9.17, 15) is 4.79 Å². The zero-order chi connectivity index (χ0) is 12.0. The van der Waals surface area contributed by atoms with Gasteiger partial charge in [0.25, 0.3) is 0 Å². The minimum Gasteiger partial charge on any atom is -0.360 e. The second-order valence-electron chi connectivity index (χ2n) is 3.06. The molecule has 1 rings (SSSR count). The molecule has 78 valence electrons. The number of ketones is 1. The SMILES string of the molecule is CC(=O)c1ccc(NC=C(C#N)C#N)cc1. The molecule has 1 aromatic rings. The number of carbonyl (C=O) groups excluding carboxylic acids is 1. The number of allylic oxidation sites excluding steroid dienone is 1. The monoisotopic (exact) mass is 211 g/mol. The molecule has 0 atom stereocenters. The van der Waals surface area contributed by atoms with Crippen molar-refractivity contribution in [2.24, 2.45) is 0 Å². The van der Waals surface area contributed by atoms with Gasteiger partial charge in [-0.25, -0.2) is 0 Å². The van der Waals surface area contributed by atoms with E-state index in [1.54, 1.807) is 36.4 Å². The van der Waals surface area contributed by atoms with Crippen LogP contribution in [-0.2, 0) is 0 Å². The van der Waals surface area contributed by atoms with E-state index >= 15 is 0 Å². The molecule has 0 aliphatic carbocycles. The molecule has 0 aliphatic heterocycles. The third-order valence-corrected chi connectivity index (χ3v) is 1.92. The minimum atomic E-state index is -0.00403. The van der Waals surface area contributed by atoms with Crippen molar-refractivity contribution in [1.82, 2.24) is 0 Å². The molecule has 0 heterocycles. The highest BCUT2D eigenvalue weighted by atomic mass is 16.1. The summed E-state index contributed by atoms with van der Waals surface area (Å²) in [4.78, 5) is 11.0. The van der Waals surface area contributed by atoms with Crippen molar-refractivity contribution in [3.63, 3.8) is 0 Å². The van der Waals surface area contributed by atoms with E-state index in [1.807, 2.05) is 0 Å². The molecule has 1 aromatic carbocycles. The summed E-state index contributed by atoms with van der Waals surface area (Å²) < 4.78 is 0.